The van der Waals surface area contributed by atoms with Gasteiger partial charge < -0.3 is 16.4 Å². The first kappa shape index (κ1) is 14.9. The van der Waals surface area contributed by atoms with Gasteiger partial charge in [0.1, 0.15) is 0 Å². The van der Waals surface area contributed by atoms with Crippen LogP contribution in [0.5, 0.6) is 0 Å². The lowest BCUT2D eigenvalue weighted by atomic mass is 10.2. The van der Waals surface area contributed by atoms with Gasteiger partial charge in [0.15, 0.2) is 0 Å². The second kappa shape index (κ2) is 9.15. The van der Waals surface area contributed by atoms with Crippen LogP contribution in [-0.2, 0) is 9.59 Å². The van der Waals surface area contributed by atoms with Crippen molar-refractivity contribution < 1.29 is 9.59 Å². The molecular formula is C11H23N3O2. The Morgan fingerprint density at radius 2 is 1.81 bits per heavy atom. The zero-order valence-electron chi connectivity index (χ0n) is 10.2. The van der Waals surface area contributed by atoms with E-state index in [1.807, 2.05) is 13.8 Å². The molecule has 0 aliphatic rings. The Balaban J connectivity index is 3.46. The molecule has 0 aliphatic heterocycles. The summed E-state index contributed by atoms with van der Waals surface area (Å²) < 4.78 is 0. The maximum absolute atomic E-state index is 11.3. The fraction of sp³-hybridized carbons (Fsp3) is 0.818. The van der Waals surface area contributed by atoms with Gasteiger partial charge in [-0.05, 0) is 33.2 Å². The van der Waals surface area contributed by atoms with Gasteiger partial charge in [0.25, 0.3) is 0 Å². The van der Waals surface area contributed by atoms with Crippen LogP contribution in [0.4, 0.5) is 0 Å². The third-order valence-corrected chi connectivity index (χ3v) is 2.00. The number of rotatable bonds is 8. The van der Waals surface area contributed by atoms with Crippen molar-refractivity contribution in [3.8, 4) is 0 Å². The number of nitrogens with one attached hydrogen (secondary N) is 2. The zero-order valence-corrected chi connectivity index (χ0v) is 10.2. The predicted molar refractivity (Wildman–Crippen MR) is 63.8 cm³/mol. The molecule has 5 nitrogen and oxygen atoms in total. The summed E-state index contributed by atoms with van der Waals surface area (Å²) in [6.45, 7) is 4.49. The van der Waals surface area contributed by atoms with Gasteiger partial charge in [-0.2, -0.15) is 0 Å². The summed E-state index contributed by atoms with van der Waals surface area (Å²) in [6, 6.07) is 0.106. The molecule has 0 rings (SSSR count). The lowest BCUT2D eigenvalue weighted by molar-refractivity contribution is -0.126. The van der Waals surface area contributed by atoms with Crippen LogP contribution in [0.15, 0.2) is 0 Å². The molecule has 0 aromatic carbocycles. The Bertz CT molecular complexity index is 217. The van der Waals surface area contributed by atoms with Crippen molar-refractivity contribution in [2.45, 2.75) is 45.6 Å². The zero-order chi connectivity index (χ0) is 12.4. The monoisotopic (exact) mass is 229 g/mol. The van der Waals surface area contributed by atoms with E-state index in [1.165, 1.54) is 0 Å². The molecule has 0 atom stereocenters. The summed E-state index contributed by atoms with van der Waals surface area (Å²) in [6.07, 6.45) is 3.20. The number of nitrogens with two attached hydrogens (primary N) is 1. The summed E-state index contributed by atoms with van der Waals surface area (Å²) in [7, 11) is 0. The van der Waals surface area contributed by atoms with Crippen LogP contribution in [-0.4, -0.2) is 30.9 Å². The fourth-order valence-electron chi connectivity index (χ4n) is 1.25. The maximum Gasteiger partial charge on any atom is 0.239 e. The number of hydrogen-bond acceptors (Lipinski definition) is 3. The van der Waals surface area contributed by atoms with Crippen LogP contribution >= 0.6 is 0 Å². The highest BCUT2D eigenvalue weighted by Gasteiger charge is 2.05. The molecule has 16 heavy (non-hydrogen) atoms. The Morgan fingerprint density at radius 3 is 2.38 bits per heavy atom. The van der Waals surface area contributed by atoms with Crippen molar-refractivity contribution >= 4 is 11.8 Å². The van der Waals surface area contributed by atoms with Crippen molar-refractivity contribution in [2.24, 2.45) is 5.73 Å². The largest absolute Gasteiger partial charge is 0.352 e. The van der Waals surface area contributed by atoms with E-state index in [2.05, 4.69) is 10.6 Å². The SMILES string of the molecule is CC(C)NC(=O)CNC(=O)CCCCCN. The predicted octanol–water partition coefficient (Wildman–Crippen LogP) is 0.146. The van der Waals surface area contributed by atoms with Crippen LogP contribution in [0, 0.1) is 0 Å². The third kappa shape index (κ3) is 9.45. The minimum atomic E-state index is -0.148. The van der Waals surface area contributed by atoms with E-state index < -0.39 is 0 Å². The van der Waals surface area contributed by atoms with Crippen LogP contribution in [0.2, 0.25) is 0 Å². The average Bonchev–Trinajstić information content (AvgIpc) is 2.20. The van der Waals surface area contributed by atoms with Crippen molar-refractivity contribution in [1.29, 1.82) is 0 Å². The topological polar surface area (TPSA) is 84.2 Å². The van der Waals surface area contributed by atoms with Crippen molar-refractivity contribution in [2.75, 3.05) is 13.1 Å². The van der Waals surface area contributed by atoms with Gasteiger partial charge in [-0.15, -0.1) is 0 Å². The van der Waals surface area contributed by atoms with E-state index in [4.69, 9.17) is 5.73 Å². The molecule has 0 aliphatic carbocycles. The minimum absolute atomic E-state index is 0.0634. The maximum atomic E-state index is 11.3. The number of unbranched alkanes of at least 4 members (excludes halogenated alkanes) is 2. The lowest BCUT2D eigenvalue weighted by Crippen LogP contribution is -2.39. The normalized spacial score (nSPS) is 10.2. The van der Waals surface area contributed by atoms with Gasteiger partial charge in [0.2, 0.25) is 11.8 Å². The molecule has 0 aromatic rings. The first-order valence-electron chi connectivity index (χ1n) is 5.82. The van der Waals surface area contributed by atoms with Gasteiger partial charge in [0, 0.05) is 12.5 Å². The van der Waals surface area contributed by atoms with Crippen LogP contribution in [0.3, 0.4) is 0 Å². The van der Waals surface area contributed by atoms with E-state index in [0.29, 0.717) is 13.0 Å². The summed E-state index contributed by atoms with van der Waals surface area (Å²) in [4.78, 5) is 22.5. The lowest BCUT2D eigenvalue weighted by Gasteiger charge is -2.09. The third-order valence-electron chi connectivity index (χ3n) is 2.00. The first-order valence-corrected chi connectivity index (χ1v) is 5.82. The molecule has 4 N–H and O–H groups in total. The Morgan fingerprint density at radius 1 is 1.12 bits per heavy atom. The van der Waals surface area contributed by atoms with E-state index in [9.17, 15) is 9.59 Å². The summed E-state index contributed by atoms with van der Waals surface area (Å²) in [5.41, 5.74) is 5.34. The Kier molecular flexibility index (Phi) is 8.52. The molecule has 0 unspecified atom stereocenters. The summed E-state index contributed by atoms with van der Waals surface area (Å²) in [5.74, 6) is -0.221. The number of carbonyl (C=O) groups is 2. The molecule has 2 amide bonds. The summed E-state index contributed by atoms with van der Waals surface area (Å²) in [5, 5.41) is 5.29. The summed E-state index contributed by atoms with van der Waals surface area (Å²) >= 11 is 0. The number of carbonyl (C=O) groups excluding carboxylic acids is 2. The second-order valence-electron chi connectivity index (χ2n) is 4.10. The molecule has 0 bridgehead atoms. The fourth-order valence-corrected chi connectivity index (χ4v) is 1.25. The molecule has 0 radical (unpaired) electrons. The van der Waals surface area contributed by atoms with Crippen LogP contribution in [0.1, 0.15) is 39.5 Å². The number of hydrogen-bond donors (Lipinski definition) is 3. The standard InChI is InChI=1S/C11H23N3O2/c1-9(2)14-11(16)8-13-10(15)6-4-3-5-7-12/h9H,3-8,12H2,1-2H3,(H,13,15)(H,14,16). The first-order chi connectivity index (χ1) is 7.56. The van der Waals surface area contributed by atoms with E-state index in [1.54, 1.807) is 0 Å². The van der Waals surface area contributed by atoms with Crippen molar-refractivity contribution in [1.82, 2.24) is 10.6 Å². The molecule has 0 fully saturated rings. The van der Waals surface area contributed by atoms with Gasteiger partial charge in [0.05, 0.1) is 6.54 Å². The Labute approximate surface area is 97.2 Å². The molecule has 5 heteroatoms. The van der Waals surface area contributed by atoms with Gasteiger partial charge in [-0.25, -0.2) is 0 Å². The molecule has 0 aromatic heterocycles. The number of amides is 2. The smallest absolute Gasteiger partial charge is 0.239 e. The van der Waals surface area contributed by atoms with Crippen molar-refractivity contribution in [3.63, 3.8) is 0 Å². The molecule has 94 valence electrons. The molecule has 0 saturated carbocycles. The minimum Gasteiger partial charge on any atom is -0.352 e. The second-order valence-corrected chi connectivity index (χ2v) is 4.10. The molecular weight excluding hydrogens is 206 g/mol. The van der Waals surface area contributed by atoms with Crippen molar-refractivity contribution in [3.05, 3.63) is 0 Å². The van der Waals surface area contributed by atoms with Gasteiger partial charge >= 0.3 is 0 Å². The van der Waals surface area contributed by atoms with E-state index >= 15 is 0 Å². The molecule has 0 heterocycles. The van der Waals surface area contributed by atoms with E-state index in [0.717, 1.165) is 19.3 Å². The average molecular weight is 229 g/mol. The van der Waals surface area contributed by atoms with Crippen LogP contribution < -0.4 is 16.4 Å². The highest BCUT2D eigenvalue weighted by Crippen LogP contribution is 1.97. The molecule has 0 spiro atoms. The Hall–Kier alpha value is -1.10. The van der Waals surface area contributed by atoms with Crippen LogP contribution in [0.25, 0.3) is 0 Å². The van der Waals surface area contributed by atoms with Gasteiger partial charge in [-0.3, -0.25) is 9.59 Å². The van der Waals surface area contributed by atoms with Gasteiger partial charge in [-0.1, -0.05) is 6.42 Å². The molecule has 0 saturated heterocycles. The quantitative estimate of drug-likeness (QED) is 0.518. The highest BCUT2D eigenvalue weighted by atomic mass is 16.2. The highest BCUT2D eigenvalue weighted by molar-refractivity contribution is 5.84. The van der Waals surface area contributed by atoms with E-state index in [-0.39, 0.29) is 24.4 Å².